The summed E-state index contributed by atoms with van der Waals surface area (Å²) in [6, 6.07) is 0. The number of ketones is 1. The molecule has 1 saturated heterocycles. The maximum atomic E-state index is 11.8. The molecule has 1 aliphatic rings. The molecular formula is C24H36O5S. The molecule has 1 aliphatic heterocycles. The van der Waals surface area contributed by atoms with Gasteiger partial charge < -0.3 is 0 Å². The molecule has 1 fully saturated rings. The first kappa shape index (κ1) is 26.3. The molecule has 0 N–H and O–H groups in total. The van der Waals surface area contributed by atoms with E-state index < -0.39 is 16.5 Å². The lowest BCUT2D eigenvalue weighted by Gasteiger charge is -2.04. The molecule has 30 heavy (non-hydrogen) atoms. The van der Waals surface area contributed by atoms with Gasteiger partial charge in [0.25, 0.3) is 0 Å². The summed E-state index contributed by atoms with van der Waals surface area (Å²) in [5.41, 5.74) is 0. The highest BCUT2D eigenvalue weighted by atomic mass is 32.3. The first-order chi connectivity index (χ1) is 14.5. The lowest BCUT2D eigenvalue weighted by molar-refractivity contribution is -0.119. The van der Waals surface area contributed by atoms with Crippen molar-refractivity contribution in [2.75, 3.05) is 6.61 Å². The van der Waals surface area contributed by atoms with E-state index >= 15 is 0 Å². The standard InChI is InChI=1S/C24H36O5S/c1-2-3-4-5-6-7-8-9-10-11-12-13-14-15-16-17-18-19-23(25)20-21-24-22-28-30(26,27)29-24/h3-4,6-7,9-10,12-13,15-16,24H,2,5,8,11,14,17-22H2,1H3/b4-3-,7-6-,10-9-,13-12-,16-15-. The molecule has 0 aromatic heterocycles. The third-order valence-corrected chi connectivity index (χ3v) is 5.31. The lowest BCUT2D eigenvalue weighted by Crippen LogP contribution is -2.12. The molecule has 6 heteroatoms. The van der Waals surface area contributed by atoms with E-state index in [-0.39, 0.29) is 12.4 Å². The third kappa shape index (κ3) is 15.1. The fourth-order valence-electron chi connectivity index (χ4n) is 2.75. The highest BCUT2D eigenvalue weighted by Gasteiger charge is 2.29. The Balaban J connectivity index is 1.95. The Morgan fingerprint density at radius 2 is 1.37 bits per heavy atom. The van der Waals surface area contributed by atoms with Crippen LogP contribution in [-0.4, -0.2) is 26.9 Å². The minimum Gasteiger partial charge on any atom is -0.300 e. The Bertz CT molecular complexity index is 714. The van der Waals surface area contributed by atoms with Crippen LogP contribution in [0.3, 0.4) is 0 Å². The van der Waals surface area contributed by atoms with Crippen LogP contribution in [-0.2, 0) is 23.6 Å². The molecule has 0 aliphatic carbocycles. The second-order valence-corrected chi connectivity index (χ2v) is 8.33. The van der Waals surface area contributed by atoms with Gasteiger partial charge in [0.2, 0.25) is 0 Å². The molecule has 1 atom stereocenters. The van der Waals surface area contributed by atoms with Crippen LogP contribution < -0.4 is 0 Å². The monoisotopic (exact) mass is 436 g/mol. The maximum Gasteiger partial charge on any atom is 0.400 e. The van der Waals surface area contributed by atoms with Crippen molar-refractivity contribution < 1.29 is 21.6 Å². The fourth-order valence-corrected chi connectivity index (χ4v) is 3.60. The molecule has 5 nitrogen and oxygen atoms in total. The van der Waals surface area contributed by atoms with Crippen molar-refractivity contribution in [1.29, 1.82) is 0 Å². The van der Waals surface area contributed by atoms with Crippen LogP contribution >= 0.6 is 0 Å². The lowest BCUT2D eigenvalue weighted by atomic mass is 10.1. The minimum absolute atomic E-state index is 0.00957. The van der Waals surface area contributed by atoms with Crippen molar-refractivity contribution in [3.63, 3.8) is 0 Å². The Labute approximate surface area is 182 Å². The van der Waals surface area contributed by atoms with Gasteiger partial charge in [0.1, 0.15) is 11.9 Å². The Morgan fingerprint density at radius 1 is 0.833 bits per heavy atom. The Morgan fingerprint density at radius 3 is 1.87 bits per heavy atom. The van der Waals surface area contributed by atoms with E-state index in [1.54, 1.807) is 0 Å². The smallest absolute Gasteiger partial charge is 0.300 e. The van der Waals surface area contributed by atoms with Crippen LogP contribution in [0.4, 0.5) is 0 Å². The number of carbonyl (C=O) groups excluding carboxylic acids is 1. The van der Waals surface area contributed by atoms with Crippen molar-refractivity contribution in [1.82, 2.24) is 0 Å². The molecule has 0 bridgehead atoms. The van der Waals surface area contributed by atoms with Gasteiger partial charge in [-0.1, -0.05) is 67.7 Å². The van der Waals surface area contributed by atoms with Crippen molar-refractivity contribution in [2.24, 2.45) is 0 Å². The average molecular weight is 437 g/mol. The normalized spacial score (nSPS) is 19.4. The van der Waals surface area contributed by atoms with E-state index in [2.05, 4.69) is 71.9 Å². The van der Waals surface area contributed by atoms with Crippen LogP contribution in [0.25, 0.3) is 0 Å². The summed E-state index contributed by atoms with van der Waals surface area (Å²) in [6.45, 7) is 2.15. The van der Waals surface area contributed by atoms with Gasteiger partial charge in [0, 0.05) is 12.8 Å². The van der Waals surface area contributed by atoms with Crippen molar-refractivity contribution in [3.05, 3.63) is 60.8 Å². The van der Waals surface area contributed by atoms with Gasteiger partial charge in [0.05, 0.1) is 6.61 Å². The summed E-state index contributed by atoms with van der Waals surface area (Å²) in [6.07, 6.45) is 29.0. The summed E-state index contributed by atoms with van der Waals surface area (Å²) in [7, 11) is -3.82. The molecule has 0 spiro atoms. The van der Waals surface area contributed by atoms with E-state index in [4.69, 9.17) is 4.18 Å². The Hall–Kier alpha value is -1.76. The number of allylic oxidation sites excluding steroid dienone is 10. The third-order valence-electron chi connectivity index (χ3n) is 4.38. The van der Waals surface area contributed by atoms with Crippen molar-refractivity contribution in [3.8, 4) is 0 Å². The number of Topliss-reactive ketones (excluding diaryl/α,β-unsaturated/α-hetero) is 1. The fraction of sp³-hybridized carbons (Fsp3) is 0.542. The SMILES string of the molecule is CC/C=C\C/C=C\C/C=C\C/C=C\C/C=C\CCCC(=O)CCC1COS(=O)(=O)O1. The molecular weight excluding hydrogens is 400 g/mol. The number of unbranched alkanes of at least 4 members (excludes halogenated alkanes) is 1. The van der Waals surface area contributed by atoms with E-state index in [1.807, 2.05) is 0 Å². The predicted molar refractivity (Wildman–Crippen MR) is 122 cm³/mol. The van der Waals surface area contributed by atoms with E-state index in [0.717, 1.165) is 44.9 Å². The number of rotatable bonds is 16. The summed E-state index contributed by atoms with van der Waals surface area (Å²) in [4.78, 5) is 11.8. The zero-order valence-corrected chi connectivity index (χ0v) is 18.9. The van der Waals surface area contributed by atoms with E-state index in [1.165, 1.54) is 0 Å². The highest BCUT2D eigenvalue weighted by molar-refractivity contribution is 7.82. The first-order valence-corrected chi connectivity index (χ1v) is 12.2. The first-order valence-electron chi connectivity index (χ1n) is 10.9. The second-order valence-electron chi connectivity index (χ2n) is 7.09. The summed E-state index contributed by atoms with van der Waals surface area (Å²) in [5.74, 6) is 0.134. The van der Waals surface area contributed by atoms with Crippen molar-refractivity contribution in [2.45, 2.75) is 77.2 Å². The van der Waals surface area contributed by atoms with Gasteiger partial charge in [-0.2, -0.15) is 8.42 Å². The van der Waals surface area contributed by atoms with Gasteiger partial charge in [-0.15, -0.1) is 0 Å². The molecule has 1 rings (SSSR count). The largest absolute Gasteiger partial charge is 0.400 e. The Kier molecular flexibility index (Phi) is 14.9. The molecule has 168 valence electrons. The topological polar surface area (TPSA) is 69.7 Å². The van der Waals surface area contributed by atoms with Gasteiger partial charge >= 0.3 is 10.4 Å². The number of hydrogen-bond acceptors (Lipinski definition) is 5. The number of hydrogen-bond donors (Lipinski definition) is 0. The van der Waals surface area contributed by atoms with Crippen LogP contribution in [0.5, 0.6) is 0 Å². The summed E-state index contributed by atoms with van der Waals surface area (Å²) in [5, 5.41) is 0. The second kappa shape index (κ2) is 17.0. The molecule has 0 aromatic carbocycles. The van der Waals surface area contributed by atoms with Crippen LogP contribution in [0, 0.1) is 0 Å². The van der Waals surface area contributed by atoms with Gasteiger partial charge in [-0.25, -0.2) is 8.37 Å². The molecule has 1 heterocycles. The average Bonchev–Trinajstić information content (AvgIpc) is 3.07. The van der Waals surface area contributed by atoms with Crippen LogP contribution in [0.2, 0.25) is 0 Å². The quantitative estimate of drug-likeness (QED) is 0.222. The number of carbonyl (C=O) groups is 1. The minimum atomic E-state index is -3.82. The van der Waals surface area contributed by atoms with E-state index in [0.29, 0.717) is 19.3 Å². The molecule has 0 saturated carbocycles. The molecule has 0 amide bonds. The molecule has 0 radical (unpaired) electrons. The summed E-state index contributed by atoms with van der Waals surface area (Å²) >= 11 is 0. The highest BCUT2D eigenvalue weighted by Crippen LogP contribution is 2.17. The zero-order valence-electron chi connectivity index (χ0n) is 18.1. The van der Waals surface area contributed by atoms with Gasteiger partial charge in [-0.3, -0.25) is 4.79 Å². The van der Waals surface area contributed by atoms with E-state index in [9.17, 15) is 13.2 Å². The van der Waals surface area contributed by atoms with Crippen molar-refractivity contribution >= 4 is 16.2 Å². The zero-order chi connectivity index (χ0) is 21.9. The molecule has 0 aromatic rings. The van der Waals surface area contributed by atoms with Gasteiger partial charge in [-0.05, 0) is 51.4 Å². The molecule has 1 unspecified atom stereocenters. The van der Waals surface area contributed by atoms with Crippen LogP contribution in [0.1, 0.15) is 71.1 Å². The predicted octanol–water partition coefficient (Wildman–Crippen LogP) is 5.92. The maximum absolute atomic E-state index is 11.8. The summed E-state index contributed by atoms with van der Waals surface area (Å²) < 4.78 is 31.2. The van der Waals surface area contributed by atoms with Crippen LogP contribution in [0.15, 0.2) is 60.8 Å². The van der Waals surface area contributed by atoms with Gasteiger partial charge in [0.15, 0.2) is 0 Å².